The Balaban J connectivity index is 1.22. The molecule has 656 valence electrons. The maximum atomic E-state index is 14.8. The molecule has 6 atom stereocenters. The van der Waals surface area contributed by atoms with E-state index in [1.54, 1.807) is 14.7 Å². The van der Waals surface area contributed by atoms with Gasteiger partial charge in [0.2, 0.25) is 0 Å². The fourth-order valence-electron chi connectivity index (χ4n) is 15.3. The van der Waals surface area contributed by atoms with Crippen LogP contribution in [-0.2, 0) is 116 Å². The minimum Gasteiger partial charge on any atom is -0.460 e. The number of carbonyl (C=O) groups excluding carboxylic acids is 6. The molecule has 3 aromatic heterocycles. The van der Waals surface area contributed by atoms with Crippen LogP contribution in [0.15, 0.2) is 54.6 Å². The van der Waals surface area contributed by atoms with Gasteiger partial charge >= 0.3 is 36.2 Å². The molecule has 0 unspecified atom stereocenters. The van der Waals surface area contributed by atoms with Gasteiger partial charge in [0, 0.05) is 119 Å². The lowest BCUT2D eigenvalue weighted by molar-refractivity contribution is -0.163. The van der Waals surface area contributed by atoms with Crippen LogP contribution in [0, 0.1) is 35.5 Å². The second kappa shape index (κ2) is 38.0. The predicted octanol–water partition coefficient (Wildman–Crippen LogP) is 18.1. The maximum Gasteiger partial charge on any atom is 0.410 e. The molecule has 25 nitrogen and oxygen atoms in total. The van der Waals surface area contributed by atoms with Crippen LogP contribution in [0.4, 0.5) is 14.4 Å². The summed E-state index contributed by atoms with van der Waals surface area (Å²) in [6.45, 7) is 59.9. The van der Waals surface area contributed by atoms with Gasteiger partial charge in [-0.25, -0.2) is 28.4 Å². The number of aromatic nitrogens is 6. The summed E-state index contributed by atoms with van der Waals surface area (Å²) in [7, 11) is -4.54. The summed E-state index contributed by atoms with van der Waals surface area (Å²) in [5, 5.41) is 19.2. The molecule has 28 heteroatoms. The highest BCUT2D eigenvalue weighted by atomic mass is 28.3. The van der Waals surface area contributed by atoms with Crippen LogP contribution < -0.4 is 0 Å². The zero-order valence-electron chi connectivity index (χ0n) is 76.7. The number of benzene rings is 3. The summed E-state index contributed by atoms with van der Waals surface area (Å²) in [5.74, 6) is -3.50. The van der Waals surface area contributed by atoms with E-state index in [1.165, 1.54) is 0 Å². The summed E-state index contributed by atoms with van der Waals surface area (Å²) in [6, 6.07) is 21.8. The third-order valence-corrected chi connectivity index (χ3v) is 26.4. The first-order chi connectivity index (χ1) is 54.5. The van der Waals surface area contributed by atoms with Crippen molar-refractivity contribution in [2.45, 2.75) is 314 Å². The highest BCUT2D eigenvalue weighted by molar-refractivity contribution is 6.76. The lowest BCUT2D eigenvalue weighted by Crippen LogP contribution is -2.38. The molecule has 0 N–H and O–H groups in total. The zero-order chi connectivity index (χ0) is 87.2. The van der Waals surface area contributed by atoms with E-state index in [1.807, 2.05) is 139 Å². The monoisotopic (exact) mass is 1690 g/mol. The second-order valence-electron chi connectivity index (χ2n) is 43.0. The molecular weight excluding hydrogens is 1550 g/mol. The molecule has 3 aliphatic heterocycles. The van der Waals surface area contributed by atoms with Crippen molar-refractivity contribution in [2.24, 2.45) is 35.5 Å². The second-order valence-corrected chi connectivity index (χ2v) is 59.9. The van der Waals surface area contributed by atoms with Crippen molar-refractivity contribution in [1.82, 2.24) is 48.9 Å². The normalized spacial score (nSPS) is 17.8. The number of rotatable bonds is 33. The van der Waals surface area contributed by atoms with Gasteiger partial charge < -0.3 is 57.3 Å². The standard InChI is InChI=1S/C90H144N10O15Si3/c1-85(2,3)110-79(101)67(64-34-37-95(52-64)82(104)113-88(10,11)12)46-61-28-31-76-70(49-61)73(91-98(76)58-107-40-43-116(19,20)21)55-94(56-74-71-50-62(29-32-77(71)99(92-74)59-108-41-44-117(22,23)24)47-68(80(102)111-86(4,5)6)65-35-38-96(53-65)83(105)114-89(13,14)15)57-75-72-51-63(30-33-78(72)100(93-75)60-109-42-45-118(25,26)27)48-69(81(103)112-87(7,8)9)66-36-39-97(54-66)84(106)115-90(16,17)18/h28-33,49-51,64-69H,34-48,52-60H2,1-27H3/t64-,65-,66-,67-,68-,69-/m0/s1. The average molecular weight is 1690 g/mol. The van der Waals surface area contributed by atoms with Crippen molar-refractivity contribution in [2.75, 3.05) is 59.1 Å². The summed E-state index contributed by atoms with van der Waals surface area (Å²) >= 11 is 0. The number of esters is 3. The van der Waals surface area contributed by atoms with Gasteiger partial charge in [0.25, 0.3) is 0 Å². The van der Waals surface area contributed by atoms with Crippen LogP contribution in [0.25, 0.3) is 32.7 Å². The quantitative estimate of drug-likeness (QED) is 0.0161. The van der Waals surface area contributed by atoms with Gasteiger partial charge in [-0.15, -0.1) is 0 Å². The van der Waals surface area contributed by atoms with Gasteiger partial charge in [-0.3, -0.25) is 19.3 Å². The first-order valence-electron chi connectivity index (χ1n) is 43.0. The van der Waals surface area contributed by atoms with Crippen molar-refractivity contribution < 1.29 is 71.4 Å². The van der Waals surface area contributed by atoms with E-state index in [2.05, 4.69) is 118 Å². The smallest absolute Gasteiger partial charge is 0.410 e. The Hall–Kier alpha value is -7.22. The summed E-state index contributed by atoms with van der Waals surface area (Å²) < 4.78 is 61.9. The number of hydrogen-bond donors (Lipinski definition) is 0. The van der Waals surface area contributed by atoms with Gasteiger partial charge in [0.1, 0.15) is 53.8 Å². The Morgan fingerprint density at radius 2 is 0.610 bits per heavy atom. The van der Waals surface area contributed by atoms with Gasteiger partial charge in [0.05, 0.1) is 51.4 Å². The van der Waals surface area contributed by atoms with Gasteiger partial charge in [-0.2, -0.15) is 15.3 Å². The van der Waals surface area contributed by atoms with E-state index in [0.29, 0.717) is 97.6 Å². The van der Waals surface area contributed by atoms with Crippen LogP contribution in [0.5, 0.6) is 0 Å². The molecule has 0 bridgehead atoms. The minimum absolute atomic E-state index is 0.183. The summed E-state index contributed by atoms with van der Waals surface area (Å²) in [4.78, 5) is 92.8. The molecule has 9 rings (SSSR count). The third-order valence-electron chi connectivity index (χ3n) is 21.3. The van der Waals surface area contributed by atoms with Crippen molar-refractivity contribution in [1.29, 1.82) is 0 Å². The molecule has 3 saturated heterocycles. The fraction of sp³-hybridized carbons (Fsp3) is 0.700. The number of carbonyl (C=O) groups is 6. The maximum absolute atomic E-state index is 14.8. The number of amides is 3. The predicted molar refractivity (Wildman–Crippen MR) is 471 cm³/mol. The van der Waals surface area contributed by atoms with E-state index in [-0.39, 0.29) is 75.5 Å². The Morgan fingerprint density at radius 3 is 0.831 bits per heavy atom. The Kier molecular flexibility index (Phi) is 30.5. The largest absolute Gasteiger partial charge is 0.460 e. The SMILES string of the molecule is CC(C)(C)OC(=O)[C@@H](Cc1ccc2c(c1)c(CN(Cc1nn(COCC[Si](C)(C)C)c3ccc(C[C@H](C(=O)OC(C)(C)C)[C@H]4CCN(C(=O)OC(C)(C)C)C4)cc13)Cc1nn(COCC[Si](C)(C)C)c3ccc(C[C@H](C(=O)OC(C)(C)C)[C@H]4CCN(C(=O)OC(C)(C)C)C4)cc13)nn2COCC[Si](C)(C)C)[C@H]1CCN(C(=O)OC(C)(C)C)C1. The van der Waals surface area contributed by atoms with E-state index in [9.17, 15) is 28.8 Å². The number of hydrogen-bond acceptors (Lipinski definition) is 19. The molecule has 3 aromatic carbocycles. The minimum atomic E-state index is -1.51. The highest BCUT2D eigenvalue weighted by Crippen LogP contribution is 2.38. The van der Waals surface area contributed by atoms with Crippen molar-refractivity contribution in [3.05, 3.63) is 88.4 Å². The van der Waals surface area contributed by atoms with Crippen molar-refractivity contribution >= 4 is 93.1 Å². The zero-order valence-corrected chi connectivity index (χ0v) is 79.7. The Bertz CT molecular complexity index is 4010. The van der Waals surface area contributed by atoms with Crippen LogP contribution in [-0.4, -0.2) is 202 Å². The summed E-state index contributed by atoms with van der Waals surface area (Å²) in [5.41, 5.74) is 2.99. The molecule has 0 aliphatic carbocycles. The molecule has 0 radical (unpaired) electrons. The fourth-order valence-corrected chi connectivity index (χ4v) is 17.6. The molecule has 0 saturated carbocycles. The van der Waals surface area contributed by atoms with Gasteiger partial charge in [-0.05, 0) is 252 Å². The third kappa shape index (κ3) is 29.0. The molecular formula is C90H144N10O15Si3. The van der Waals surface area contributed by atoms with Crippen LogP contribution >= 0.6 is 0 Å². The first-order valence-corrected chi connectivity index (χ1v) is 54.1. The lowest BCUT2D eigenvalue weighted by Gasteiger charge is -2.28. The number of ether oxygens (including phenoxy) is 9. The molecule has 6 heterocycles. The Morgan fingerprint density at radius 1 is 0.373 bits per heavy atom. The number of fused-ring (bicyclic) bond motifs is 3. The molecule has 3 amide bonds. The summed E-state index contributed by atoms with van der Waals surface area (Å²) in [6.07, 6.45) is 1.50. The topological polar surface area (TPSA) is 252 Å². The number of nitrogens with zero attached hydrogens (tertiary/aromatic N) is 10. The Labute approximate surface area is 706 Å². The molecule has 3 fully saturated rings. The first kappa shape index (κ1) is 94.6. The van der Waals surface area contributed by atoms with E-state index >= 15 is 0 Å². The van der Waals surface area contributed by atoms with Gasteiger partial charge in [0.15, 0.2) is 0 Å². The van der Waals surface area contributed by atoms with Crippen LogP contribution in [0.3, 0.4) is 0 Å². The molecule has 0 spiro atoms. The van der Waals surface area contributed by atoms with E-state index in [0.717, 1.165) is 84.6 Å². The van der Waals surface area contributed by atoms with Crippen molar-refractivity contribution in [3.8, 4) is 0 Å². The van der Waals surface area contributed by atoms with Crippen LogP contribution in [0.1, 0.15) is 178 Å². The molecule has 118 heavy (non-hydrogen) atoms. The molecule has 6 aromatic rings. The molecule has 3 aliphatic rings. The average Bonchev–Trinajstić information content (AvgIpc) is 1.62. The van der Waals surface area contributed by atoms with Gasteiger partial charge in [-0.1, -0.05) is 77.1 Å². The van der Waals surface area contributed by atoms with Crippen LogP contribution in [0.2, 0.25) is 77.1 Å². The lowest BCUT2D eigenvalue weighted by atomic mass is 9.85. The van der Waals surface area contributed by atoms with E-state index < -0.39 is 93.9 Å². The van der Waals surface area contributed by atoms with E-state index in [4.69, 9.17) is 57.9 Å². The highest BCUT2D eigenvalue weighted by Gasteiger charge is 2.44. The number of likely N-dealkylation sites (tertiary alicyclic amines) is 3. The van der Waals surface area contributed by atoms with Crippen molar-refractivity contribution in [3.63, 3.8) is 0 Å².